The predicted octanol–water partition coefficient (Wildman–Crippen LogP) is 3.34. The Bertz CT molecular complexity index is 878. The van der Waals surface area contributed by atoms with Crippen molar-refractivity contribution in [2.75, 3.05) is 51.3 Å². The van der Waals surface area contributed by atoms with E-state index < -0.39 is 0 Å². The maximum absolute atomic E-state index is 12.2. The molecular weight excluding hydrogens is 398 g/mol. The third-order valence-corrected chi connectivity index (χ3v) is 7.21. The first-order valence-electron chi connectivity index (χ1n) is 11.2. The van der Waals surface area contributed by atoms with Crippen LogP contribution in [0.25, 0.3) is 10.2 Å². The number of anilines is 1. The number of ether oxygens (including phenoxy) is 1. The van der Waals surface area contributed by atoms with E-state index in [0.29, 0.717) is 12.3 Å². The lowest BCUT2D eigenvalue weighted by Crippen LogP contribution is -2.36. The summed E-state index contributed by atoms with van der Waals surface area (Å²) in [5.74, 6) is 2.12. The van der Waals surface area contributed by atoms with Crippen LogP contribution in [0.15, 0.2) is 0 Å². The molecule has 0 aromatic carbocycles. The molecule has 0 spiro atoms. The number of amides is 1. The van der Waals surface area contributed by atoms with Crippen LogP contribution in [0, 0.1) is 13.8 Å². The van der Waals surface area contributed by atoms with E-state index in [0.717, 1.165) is 93.6 Å². The summed E-state index contributed by atoms with van der Waals surface area (Å²) in [5.41, 5.74) is 1.26. The molecular formula is C22H33N5O2S. The number of hydrogen-bond acceptors (Lipinski definition) is 7. The molecule has 0 aliphatic carbocycles. The van der Waals surface area contributed by atoms with Crippen LogP contribution < -0.4 is 5.32 Å². The van der Waals surface area contributed by atoms with Gasteiger partial charge >= 0.3 is 0 Å². The number of carbonyl (C=O) groups is 1. The normalized spacial score (nSPS) is 18.7. The molecule has 0 radical (unpaired) electrons. The highest BCUT2D eigenvalue weighted by Crippen LogP contribution is 2.33. The monoisotopic (exact) mass is 431 g/mol. The number of likely N-dealkylation sites (tertiary alicyclic amines) is 1. The zero-order valence-electron chi connectivity index (χ0n) is 18.2. The number of aromatic nitrogens is 2. The van der Waals surface area contributed by atoms with Gasteiger partial charge in [-0.15, -0.1) is 11.3 Å². The van der Waals surface area contributed by atoms with E-state index in [9.17, 15) is 4.79 Å². The Morgan fingerprint density at radius 1 is 1.10 bits per heavy atom. The highest BCUT2D eigenvalue weighted by atomic mass is 32.1. The predicted molar refractivity (Wildman–Crippen MR) is 121 cm³/mol. The lowest BCUT2D eigenvalue weighted by Gasteiger charge is -2.26. The van der Waals surface area contributed by atoms with Crippen LogP contribution in [0.5, 0.6) is 0 Å². The van der Waals surface area contributed by atoms with Gasteiger partial charge in [-0.1, -0.05) is 6.42 Å². The molecule has 8 heteroatoms. The highest BCUT2D eigenvalue weighted by Gasteiger charge is 2.18. The van der Waals surface area contributed by atoms with E-state index in [-0.39, 0.29) is 0 Å². The first kappa shape index (κ1) is 21.5. The Morgan fingerprint density at radius 3 is 2.77 bits per heavy atom. The minimum atomic E-state index is 0.314. The number of nitrogens with one attached hydrogen (secondary N) is 1. The standard InChI is InChI=1S/C22H33N5O2S/c1-16-17(2)30-22-20(16)21(24-18(25-22)15-26-11-13-29-14-12-26)23-8-6-10-27-9-5-3-4-7-19(27)28/h3-15H2,1-2H3,(H,23,24,25). The fourth-order valence-electron chi connectivity index (χ4n) is 4.20. The average Bonchev–Trinajstić information content (AvgIpc) is 2.89. The van der Waals surface area contributed by atoms with Gasteiger partial charge in [-0.3, -0.25) is 9.69 Å². The van der Waals surface area contributed by atoms with E-state index in [1.807, 2.05) is 4.90 Å². The second kappa shape index (κ2) is 10.0. The van der Waals surface area contributed by atoms with Gasteiger partial charge in [0.15, 0.2) is 0 Å². The van der Waals surface area contributed by atoms with Crippen LogP contribution in [0.4, 0.5) is 5.82 Å². The van der Waals surface area contributed by atoms with E-state index in [1.165, 1.54) is 16.9 Å². The minimum Gasteiger partial charge on any atom is -0.379 e. The number of nitrogens with zero attached hydrogens (tertiary/aromatic N) is 4. The number of morpholine rings is 1. The third-order valence-electron chi connectivity index (χ3n) is 6.11. The fourth-order valence-corrected chi connectivity index (χ4v) is 5.25. The Kier molecular flexibility index (Phi) is 7.17. The smallest absolute Gasteiger partial charge is 0.222 e. The number of fused-ring (bicyclic) bond motifs is 1. The van der Waals surface area contributed by atoms with Gasteiger partial charge in [-0.25, -0.2) is 9.97 Å². The minimum absolute atomic E-state index is 0.314. The van der Waals surface area contributed by atoms with Gasteiger partial charge in [0, 0.05) is 44.0 Å². The lowest BCUT2D eigenvalue weighted by molar-refractivity contribution is -0.130. The van der Waals surface area contributed by atoms with Crippen molar-refractivity contribution < 1.29 is 9.53 Å². The Labute approximate surface area is 182 Å². The molecule has 0 atom stereocenters. The molecule has 7 nitrogen and oxygen atoms in total. The molecule has 2 saturated heterocycles. The van der Waals surface area contributed by atoms with Crippen molar-refractivity contribution in [3.63, 3.8) is 0 Å². The third kappa shape index (κ3) is 5.10. The molecule has 2 aliphatic heterocycles. The highest BCUT2D eigenvalue weighted by molar-refractivity contribution is 7.18. The summed E-state index contributed by atoms with van der Waals surface area (Å²) in [6.45, 7) is 11.0. The van der Waals surface area contributed by atoms with Gasteiger partial charge in [0.25, 0.3) is 0 Å². The molecule has 4 heterocycles. The van der Waals surface area contributed by atoms with E-state index in [2.05, 4.69) is 24.1 Å². The zero-order valence-corrected chi connectivity index (χ0v) is 19.0. The largest absolute Gasteiger partial charge is 0.379 e. The summed E-state index contributed by atoms with van der Waals surface area (Å²) >= 11 is 1.75. The van der Waals surface area contributed by atoms with Crippen LogP contribution in [-0.2, 0) is 16.1 Å². The molecule has 30 heavy (non-hydrogen) atoms. The summed E-state index contributed by atoms with van der Waals surface area (Å²) in [4.78, 5) is 28.7. The lowest BCUT2D eigenvalue weighted by atomic mass is 10.2. The second-order valence-corrected chi connectivity index (χ2v) is 9.52. The molecule has 164 valence electrons. The number of carbonyl (C=O) groups excluding carboxylic acids is 1. The molecule has 0 unspecified atom stereocenters. The summed E-state index contributed by atoms with van der Waals surface area (Å²) in [7, 11) is 0. The summed E-state index contributed by atoms with van der Waals surface area (Å²) in [6.07, 6.45) is 4.97. The van der Waals surface area contributed by atoms with E-state index in [1.54, 1.807) is 11.3 Å². The summed E-state index contributed by atoms with van der Waals surface area (Å²) in [6, 6.07) is 0. The summed E-state index contributed by atoms with van der Waals surface area (Å²) < 4.78 is 5.46. The molecule has 1 amide bonds. The summed E-state index contributed by atoms with van der Waals surface area (Å²) in [5, 5.41) is 4.71. The Morgan fingerprint density at radius 2 is 1.93 bits per heavy atom. The van der Waals surface area contributed by atoms with E-state index >= 15 is 0 Å². The van der Waals surface area contributed by atoms with Crippen LogP contribution in [0.3, 0.4) is 0 Å². The van der Waals surface area contributed by atoms with Gasteiger partial charge < -0.3 is 15.0 Å². The molecule has 2 aliphatic rings. The molecule has 4 rings (SSSR count). The topological polar surface area (TPSA) is 70.6 Å². The van der Waals surface area contributed by atoms with Crippen molar-refractivity contribution in [2.24, 2.45) is 0 Å². The zero-order chi connectivity index (χ0) is 20.9. The number of aryl methyl sites for hydroxylation is 2. The van der Waals surface area contributed by atoms with Crippen molar-refractivity contribution in [3.8, 4) is 0 Å². The van der Waals surface area contributed by atoms with Crippen molar-refractivity contribution in [1.82, 2.24) is 19.8 Å². The SMILES string of the molecule is Cc1sc2nc(CN3CCOCC3)nc(NCCCN3CCCCCC3=O)c2c1C. The maximum atomic E-state index is 12.2. The Balaban J connectivity index is 1.43. The first-order chi connectivity index (χ1) is 14.6. The molecule has 0 saturated carbocycles. The first-order valence-corrected chi connectivity index (χ1v) is 12.0. The van der Waals surface area contributed by atoms with E-state index in [4.69, 9.17) is 14.7 Å². The van der Waals surface area contributed by atoms with Crippen molar-refractivity contribution in [1.29, 1.82) is 0 Å². The van der Waals surface area contributed by atoms with Gasteiger partial charge in [0.2, 0.25) is 5.91 Å². The molecule has 2 aromatic rings. The fraction of sp³-hybridized carbons (Fsp3) is 0.682. The van der Waals surface area contributed by atoms with Crippen LogP contribution in [0.1, 0.15) is 48.4 Å². The van der Waals surface area contributed by atoms with Crippen LogP contribution in [0.2, 0.25) is 0 Å². The van der Waals surface area contributed by atoms with Crippen LogP contribution in [-0.4, -0.2) is 71.6 Å². The molecule has 2 fully saturated rings. The maximum Gasteiger partial charge on any atom is 0.222 e. The van der Waals surface area contributed by atoms with Crippen LogP contribution >= 0.6 is 11.3 Å². The quantitative estimate of drug-likeness (QED) is 0.678. The number of hydrogen-bond donors (Lipinski definition) is 1. The van der Waals surface area contributed by atoms with Gasteiger partial charge in [0.1, 0.15) is 16.5 Å². The van der Waals surface area contributed by atoms with Crippen molar-refractivity contribution in [2.45, 2.75) is 52.5 Å². The number of thiophene rings is 1. The van der Waals surface area contributed by atoms with Crippen molar-refractivity contribution in [3.05, 3.63) is 16.3 Å². The molecule has 0 bridgehead atoms. The second-order valence-electron chi connectivity index (χ2n) is 8.31. The van der Waals surface area contributed by atoms with Gasteiger partial charge in [-0.2, -0.15) is 0 Å². The van der Waals surface area contributed by atoms with Gasteiger partial charge in [0.05, 0.1) is 25.1 Å². The number of rotatable bonds is 7. The Hall–Kier alpha value is -1.77. The average molecular weight is 432 g/mol. The van der Waals surface area contributed by atoms with Gasteiger partial charge in [-0.05, 0) is 38.7 Å². The van der Waals surface area contributed by atoms with Crippen molar-refractivity contribution >= 4 is 33.3 Å². The molecule has 1 N–H and O–H groups in total. The molecule has 2 aromatic heterocycles.